The van der Waals surface area contributed by atoms with Crippen molar-refractivity contribution in [1.82, 2.24) is 5.32 Å². The number of thiocarbonyl (C=S) groups is 1. The molecular formula is C21H21ClN4O5S. The van der Waals surface area contributed by atoms with E-state index in [0.717, 1.165) is 25.9 Å². The Balaban J connectivity index is 1.80. The molecule has 0 bridgehead atoms. The fourth-order valence-corrected chi connectivity index (χ4v) is 3.85. The van der Waals surface area contributed by atoms with Crippen LogP contribution in [0.15, 0.2) is 36.4 Å². The molecule has 0 saturated carbocycles. The van der Waals surface area contributed by atoms with Crippen molar-refractivity contribution in [2.75, 3.05) is 23.3 Å². The summed E-state index contributed by atoms with van der Waals surface area (Å²) < 4.78 is 0. The summed E-state index contributed by atoms with van der Waals surface area (Å²) in [4.78, 5) is 36.9. The van der Waals surface area contributed by atoms with E-state index in [1.54, 1.807) is 6.07 Å². The van der Waals surface area contributed by atoms with Gasteiger partial charge >= 0.3 is 5.97 Å². The van der Waals surface area contributed by atoms with Gasteiger partial charge in [0.15, 0.2) is 5.11 Å². The lowest BCUT2D eigenvalue weighted by molar-refractivity contribution is -0.384. The number of anilines is 2. The third-order valence-corrected chi connectivity index (χ3v) is 5.78. The van der Waals surface area contributed by atoms with Crippen molar-refractivity contribution in [3.8, 4) is 0 Å². The number of hydrogen-bond donors (Lipinski definition) is 3. The van der Waals surface area contributed by atoms with Crippen molar-refractivity contribution < 1.29 is 19.6 Å². The Morgan fingerprint density at radius 1 is 1.19 bits per heavy atom. The first-order valence-corrected chi connectivity index (χ1v) is 10.6. The van der Waals surface area contributed by atoms with Gasteiger partial charge in [0.25, 0.3) is 11.6 Å². The van der Waals surface area contributed by atoms with E-state index >= 15 is 0 Å². The number of rotatable bonds is 5. The van der Waals surface area contributed by atoms with Crippen molar-refractivity contribution >= 4 is 57.9 Å². The summed E-state index contributed by atoms with van der Waals surface area (Å²) in [6.07, 6.45) is 1.92. The van der Waals surface area contributed by atoms with Crippen LogP contribution >= 0.6 is 23.8 Å². The van der Waals surface area contributed by atoms with E-state index in [9.17, 15) is 24.8 Å². The number of aromatic carboxylic acids is 1. The fraction of sp³-hybridized carbons (Fsp3) is 0.286. The molecule has 3 rings (SSSR count). The molecule has 3 N–H and O–H groups in total. The molecule has 2 aromatic carbocycles. The number of carbonyl (C=O) groups is 2. The highest BCUT2D eigenvalue weighted by atomic mass is 35.5. The van der Waals surface area contributed by atoms with Crippen molar-refractivity contribution in [2.24, 2.45) is 5.92 Å². The number of nitrogens with one attached hydrogen (secondary N) is 2. The van der Waals surface area contributed by atoms with Gasteiger partial charge in [-0.15, -0.1) is 0 Å². The van der Waals surface area contributed by atoms with Gasteiger partial charge in [0.1, 0.15) is 0 Å². The number of non-ortho nitro benzene ring substituents is 1. The third-order valence-electron chi connectivity index (χ3n) is 5.24. The zero-order chi connectivity index (χ0) is 23.4. The number of carboxylic acid groups (broad SMARTS) is 1. The van der Waals surface area contributed by atoms with Gasteiger partial charge in [-0.05, 0) is 55.2 Å². The summed E-state index contributed by atoms with van der Waals surface area (Å²) in [5.41, 5.74) is 0.738. The highest BCUT2D eigenvalue weighted by Gasteiger charge is 2.24. The van der Waals surface area contributed by atoms with Crippen LogP contribution in [-0.2, 0) is 0 Å². The highest BCUT2D eigenvalue weighted by Crippen LogP contribution is 2.29. The van der Waals surface area contributed by atoms with Crippen LogP contribution < -0.4 is 15.5 Å². The smallest absolute Gasteiger partial charge is 0.337 e. The van der Waals surface area contributed by atoms with Crippen LogP contribution in [0.5, 0.6) is 0 Å². The number of piperidine rings is 1. The van der Waals surface area contributed by atoms with Crippen molar-refractivity contribution in [3.05, 3.63) is 62.7 Å². The van der Waals surface area contributed by atoms with Gasteiger partial charge < -0.3 is 15.3 Å². The predicted molar refractivity (Wildman–Crippen MR) is 126 cm³/mol. The van der Waals surface area contributed by atoms with Crippen molar-refractivity contribution in [2.45, 2.75) is 19.8 Å². The second-order valence-corrected chi connectivity index (χ2v) is 8.35. The van der Waals surface area contributed by atoms with E-state index in [0.29, 0.717) is 17.3 Å². The number of halogens is 1. The Hall–Kier alpha value is -3.24. The van der Waals surface area contributed by atoms with Crippen LogP contribution in [-0.4, -0.2) is 40.1 Å². The number of nitrogens with zero attached hydrogens (tertiary/aromatic N) is 2. The lowest BCUT2D eigenvalue weighted by Crippen LogP contribution is -2.37. The van der Waals surface area contributed by atoms with E-state index in [2.05, 4.69) is 17.6 Å². The predicted octanol–water partition coefficient (Wildman–Crippen LogP) is 4.31. The van der Waals surface area contributed by atoms with Gasteiger partial charge in [-0.3, -0.25) is 20.2 Å². The van der Waals surface area contributed by atoms with Crippen LogP contribution in [0.3, 0.4) is 0 Å². The lowest BCUT2D eigenvalue weighted by Gasteiger charge is -2.33. The maximum Gasteiger partial charge on any atom is 0.337 e. The molecule has 11 heteroatoms. The minimum atomic E-state index is -1.20. The molecule has 1 aliphatic heterocycles. The summed E-state index contributed by atoms with van der Waals surface area (Å²) in [5, 5.41) is 25.7. The maximum atomic E-state index is 13.0. The number of nitro groups is 1. The largest absolute Gasteiger partial charge is 0.478 e. The van der Waals surface area contributed by atoms with E-state index in [1.807, 2.05) is 4.90 Å². The first kappa shape index (κ1) is 23.4. The lowest BCUT2D eigenvalue weighted by atomic mass is 9.98. The molecule has 1 heterocycles. The number of carbonyl (C=O) groups excluding carboxylic acids is 1. The molecule has 0 unspecified atom stereocenters. The number of amides is 1. The van der Waals surface area contributed by atoms with E-state index in [4.69, 9.17) is 23.8 Å². The molecule has 1 fully saturated rings. The zero-order valence-corrected chi connectivity index (χ0v) is 18.7. The molecule has 9 nitrogen and oxygen atoms in total. The molecule has 0 spiro atoms. The van der Waals surface area contributed by atoms with Gasteiger partial charge in [0.05, 0.1) is 26.8 Å². The topological polar surface area (TPSA) is 125 Å². The standard InChI is InChI=1S/C21H21ClN4O5S/c1-12-6-8-25(9-7-12)18-5-3-14(26(30)31)11-16(18)19(27)24-21(32)23-13-2-4-17(22)15(10-13)20(28)29/h2-5,10-12H,6-9H2,1H3,(H,28,29)(H2,23,24,27,32). The minimum Gasteiger partial charge on any atom is -0.478 e. The van der Waals surface area contributed by atoms with E-state index < -0.39 is 16.8 Å². The molecule has 32 heavy (non-hydrogen) atoms. The highest BCUT2D eigenvalue weighted by molar-refractivity contribution is 7.80. The SMILES string of the molecule is CC1CCN(c2ccc([N+](=O)[O-])cc2C(=O)NC(=S)Nc2ccc(Cl)c(C(=O)O)c2)CC1. The van der Waals surface area contributed by atoms with Gasteiger partial charge in [-0.25, -0.2) is 4.79 Å². The summed E-state index contributed by atoms with van der Waals surface area (Å²) in [6.45, 7) is 3.65. The first-order chi connectivity index (χ1) is 15.2. The molecule has 168 valence electrons. The summed E-state index contributed by atoms with van der Waals surface area (Å²) in [5.74, 6) is -1.23. The second kappa shape index (κ2) is 9.92. The third kappa shape index (κ3) is 5.51. The van der Waals surface area contributed by atoms with Gasteiger partial charge in [0.2, 0.25) is 0 Å². The molecule has 2 aromatic rings. The quantitative estimate of drug-likeness (QED) is 0.331. The Labute approximate surface area is 194 Å². The molecule has 0 aromatic heterocycles. The summed E-state index contributed by atoms with van der Waals surface area (Å²) >= 11 is 11.0. The number of hydrogen-bond acceptors (Lipinski definition) is 6. The van der Waals surface area contributed by atoms with E-state index in [1.165, 1.54) is 30.3 Å². The Morgan fingerprint density at radius 2 is 1.88 bits per heavy atom. The van der Waals surface area contributed by atoms with E-state index in [-0.39, 0.29) is 26.9 Å². The molecule has 1 amide bonds. The second-order valence-electron chi connectivity index (χ2n) is 7.54. The normalized spacial score (nSPS) is 14.0. The van der Waals surface area contributed by atoms with Gasteiger partial charge in [0, 0.05) is 30.9 Å². The molecular weight excluding hydrogens is 456 g/mol. The average Bonchev–Trinajstić information content (AvgIpc) is 2.75. The maximum absolute atomic E-state index is 13.0. The zero-order valence-electron chi connectivity index (χ0n) is 17.1. The molecule has 0 atom stereocenters. The van der Waals surface area contributed by atoms with Gasteiger partial charge in [-0.1, -0.05) is 18.5 Å². The van der Waals surface area contributed by atoms with Crippen LogP contribution in [0.4, 0.5) is 17.1 Å². The molecule has 1 saturated heterocycles. The van der Waals surface area contributed by atoms with Crippen LogP contribution in [0.25, 0.3) is 0 Å². The number of benzene rings is 2. The number of carboxylic acids is 1. The number of nitro benzene ring substituents is 1. The Morgan fingerprint density at radius 3 is 2.50 bits per heavy atom. The molecule has 0 aliphatic carbocycles. The van der Waals surface area contributed by atoms with Crippen LogP contribution in [0, 0.1) is 16.0 Å². The van der Waals surface area contributed by atoms with Crippen molar-refractivity contribution in [3.63, 3.8) is 0 Å². The van der Waals surface area contributed by atoms with Crippen LogP contribution in [0.2, 0.25) is 5.02 Å². The van der Waals surface area contributed by atoms with Crippen LogP contribution in [0.1, 0.15) is 40.5 Å². The monoisotopic (exact) mass is 476 g/mol. The Bertz CT molecular complexity index is 1090. The summed E-state index contributed by atoms with van der Waals surface area (Å²) in [7, 11) is 0. The fourth-order valence-electron chi connectivity index (χ4n) is 3.44. The first-order valence-electron chi connectivity index (χ1n) is 9.84. The molecule has 1 aliphatic rings. The average molecular weight is 477 g/mol. The molecule has 0 radical (unpaired) electrons. The summed E-state index contributed by atoms with van der Waals surface area (Å²) in [6, 6.07) is 8.39. The van der Waals surface area contributed by atoms with Gasteiger partial charge in [-0.2, -0.15) is 0 Å². The Kier molecular flexibility index (Phi) is 7.26. The van der Waals surface area contributed by atoms with Crippen molar-refractivity contribution in [1.29, 1.82) is 0 Å². The minimum absolute atomic E-state index is 0.0649.